The van der Waals surface area contributed by atoms with Gasteiger partial charge in [0.2, 0.25) is 0 Å². The number of anilines is 1. The second-order valence-electron chi connectivity index (χ2n) is 6.04. The maximum absolute atomic E-state index is 13.1. The fourth-order valence-corrected chi connectivity index (χ4v) is 4.58. The summed E-state index contributed by atoms with van der Waals surface area (Å²) in [5.41, 5.74) is 3.70. The maximum Gasteiger partial charge on any atom is 0.267 e. The number of rotatable bonds is 6. The number of hydrogen-bond donors (Lipinski definition) is 2. The minimum Gasteiger partial charge on any atom is -0.493 e. The van der Waals surface area contributed by atoms with Gasteiger partial charge in [-0.2, -0.15) is 0 Å². The molecule has 3 rings (SSSR count). The van der Waals surface area contributed by atoms with Crippen molar-refractivity contribution in [3.63, 3.8) is 0 Å². The Kier molecular flexibility index (Phi) is 5.57. The van der Waals surface area contributed by atoms with Crippen LogP contribution < -0.4 is 19.3 Å². The molecular weight excluding hydrogens is 384 g/mol. The van der Waals surface area contributed by atoms with Gasteiger partial charge in [-0.25, -0.2) is 13.9 Å². The van der Waals surface area contributed by atoms with Gasteiger partial charge in [0.05, 0.1) is 24.8 Å². The lowest BCUT2D eigenvalue weighted by atomic mass is 10.1. The third-order valence-corrected chi connectivity index (χ3v) is 6.25. The highest BCUT2D eigenvalue weighted by molar-refractivity contribution is 7.92. The molecule has 0 unspecified atom stereocenters. The molecule has 1 heterocycles. The molecule has 0 bridgehead atoms. The lowest BCUT2D eigenvalue weighted by molar-refractivity contribution is -0.124. The van der Waals surface area contributed by atoms with Crippen molar-refractivity contribution in [2.45, 2.75) is 11.3 Å². The molecule has 28 heavy (non-hydrogen) atoms. The summed E-state index contributed by atoms with van der Waals surface area (Å²) in [6, 6.07) is 9.72. The second-order valence-corrected chi connectivity index (χ2v) is 7.90. The molecule has 0 saturated carbocycles. The van der Waals surface area contributed by atoms with Gasteiger partial charge in [0.25, 0.3) is 15.9 Å². The molecule has 2 aromatic carbocycles. The van der Waals surface area contributed by atoms with E-state index in [0.717, 1.165) is 11.1 Å². The predicted molar refractivity (Wildman–Crippen MR) is 103 cm³/mol. The van der Waals surface area contributed by atoms with Crippen LogP contribution in [0, 0.1) is 0 Å². The first-order valence-electron chi connectivity index (χ1n) is 8.40. The molecule has 0 aliphatic carbocycles. The zero-order chi connectivity index (χ0) is 20.3. The van der Waals surface area contributed by atoms with E-state index in [1.807, 2.05) is 6.07 Å². The molecule has 1 aliphatic heterocycles. The summed E-state index contributed by atoms with van der Waals surface area (Å²) in [6.45, 7) is 0.316. The van der Waals surface area contributed by atoms with Gasteiger partial charge in [-0.1, -0.05) is 6.07 Å². The molecule has 0 fully saturated rings. The molecule has 0 radical (unpaired) electrons. The molecule has 0 atom stereocenters. The van der Waals surface area contributed by atoms with E-state index in [-0.39, 0.29) is 4.90 Å². The quantitative estimate of drug-likeness (QED) is 0.433. The molecule has 1 aliphatic rings. The highest BCUT2D eigenvalue weighted by atomic mass is 32.2. The smallest absolute Gasteiger partial charge is 0.267 e. The monoisotopic (exact) mass is 404 g/mol. The summed E-state index contributed by atoms with van der Waals surface area (Å²) in [4.78, 5) is 11.2. The normalized spacial score (nSPS) is 13.5. The van der Waals surface area contributed by atoms with Crippen LogP contribution in [-0.4, -0.2) is 40.3 Å². The van der Waals surface area contributed by atoms with Crippen LogP contribution in [-0.2, 0) is 21.2 Å². The van der Waals surface area contributed by atoms with Gasteiger partial charge in [0.15, 0.2) is 11.5 Å². The van der Waals surface area contributed by atoms with Crippen molar-refractivity contribution in [1.82, 2.24) is 5.48 Å². The summed E-state index contributed by atoms with van der Waals surface area (Å²) in [7, 11) is -0.835. The molecule has 2 aromatic rings. The third kappa shape index (κ3) is 3.67. The van der Waals surface area contributed by atoms with E-state index in [2.05, 4.69) is 0 Å². The van der Waals surface area contributed by atoms with Crippen LogP contribution >= 0.6 is 0 Å². The van der Waals surface area contributed by atoms with Crippen molar-refractivity contribution in [3.05, 3.63) is 53.6 Å². The maximum atomic E-state index is 13.1. The van der Waals surface area contributed by atoms with Gasteiger partial charge in [0.1, 0.15) is 0 Å². The first kappa shape index (κ1) is 19.7. The van der Waals surface area contributed by atoms with Crippen molar-refractivity contribution in [2.24, 2.45) is 0 Å². The number of ether oxygens (including phenoxy) is 2. The fourth-order valence-electron chi connectivity index (χ4n) is 3.06. The first-order chi connectivity index (χ1) is 13.4. The Balaban J connectivity index is 1.93. The number of carbonyl (C=O) groups excluding carboxylic acids is 1. The highest BCUT2D eigenvalue weighted by Gasteiger charge is 2.31. The number of nitrogens with zero attached hydrogens (tertiary/aromatic N) is 1. The average Bonchev–Trinajstić information content (AvgIpc) is 3.15. The standard InChI is InChI=1S/C19H20N2O6S/c1-26-17-7-5-15(12-18(17)27-2)28(24,25)21-10-9-14-11-13(3-6-16(14)21)4-8-19(22)20-23/h3-8,11-12,23H,9-10H2,1-2H3,(H,20,22). The molecule has 148 valence electrons. The molecular formula is C19H20N2O6S. The van der Waals surface area contributed by atoms with Crippen LogP contribution in [0.4, 0.5) is 5.69 Å². The minimum absolute atomic E-state index is 0.113. The molecule has 0 spiro atoms. The average molecular weight is 404 g/mol. The predicted octanol–water partition coefficient (Wildman–Crippen LogP) is 1.97. The van der Waals surface area contributed by atoms with Crippen molar-refractivity contribution < 1.29 is 27.9 Å². The number of benzene rings is 2. The van der Waals surface area contributed by atoms with Gasteiger partial charge in [-0.05, 0) is 47.9 Å². The number of nitrogens with one attached hydrogen (secondary N) is 1. The van der Waals surface area contributed by atoms with Gasteiger partial charge in [-0.15, -0.1) is 0 Å². The number of hydroxylamine groups is 1. The van der Waals surface area contributed by atoms with Crippen molar-refractivity contribution in [2.75, 3.05) is 25.1 Å². The van der Waals surface area contributed by atoms with Crippen LogP contribution in [0.5, 0.6) is 11.5 Å². The largest absolute Gasteiger partial charge is 0.493 e. The van der Waals surface area contributed by atoms with Crippen LogP contribution in [0.25, 0.3) is 6.08 Å². The van der Waals surface area contributed by atoms with Crippen molar-refractivity contribution in [1.29, 1.82) is 0 Å². The van der Waals surface area contributed by atoms with E-state index in [1.165, 1.54) is 48.3 Å². The molecule has 1 amide bonds. The molecule has 0 saturated heterocycles. The molecule has 8 nitrogen and oxygen atoms in total. The Morgan fingerprint density at radius 1 is 1.14 bits per heavy atom. The Morgan fingerprint density at radius 3 is 2.57 bits per heavy atom. The van der Waals surface area contributed by atoms with E-state index in [9.17, 15) is 13.2 Å². The van der Waals surface area contributed by atoms with Crippen LogP contribution in [0.2, 0.25) is 0 Å². The van der Waals surface area contributed by atoms with Gasteiger partial charge in [-0.3, -0.25) is 14.3 Å². The summed E-state index contributed by atoms with van der Waals surface area (Å²) in [5, 5.41) is 8.53. The van der Waals surface area contributed by atoms with Gasteiger partial charge in [0, 0.05) is 18.7 Å². The second kappa shape index (κ2) is 7.91. The number of amides is 1. The molecule has 2 N–H and O–H groups in total. The van der Waals surface area contributed by atoms with Crippen molar-refractivity contribution in [3.8, 4) is 11.5 Å². The van der Waals surface area contributed by atoms with Crippen molar-refractivity contribution >= 4 is 27.7 Å². The lowest BCUT2D eigenvalue weighted by Gasteiger charge is -2.20. The van der Waals surface area contributed by atoms with E-state index in [1.54, 1.807) is 18.2 Å². The Bertz CT molecular complexity index is 1030. The number of carbonyl (C=O) groups is 1. The number of methoxy groups -OCH3 is 2. The first-order valence-corrected chi connectivity index (χ1v) is 9.84. The van der Waals surface area contributed by atoms with Gasteiger partial charge >= 0.3 is 0 Å². The highest BCUT2D eigenvalue weighted by Crippen LogP contribution is 2.36. The third-order valence-electron chi connectivity index (χ3n) is 4.44. The van der Waals surface area contributed by atoms with E-state index in [0.29, 0.717) is 30.2 Å². The minimum atomic E-state index is -3.77. The topological polar surface area (TPSA) is 105 Å². The van der Waals surface area contributed by atoms with Crippen LogP contribution in [0.15, 0.2) is 47.4 Å². The summed E-state index contributed by atoms with van der Waals surface area (Å²) >= 11 is 0. The molecule has 9 heteroatoms. The Labute approximate surface area is 163 Å². The number of sulfonamides is 1. The summed E-state index contributed by atoms with van der Waals surface area (Å²) in [6.07, 6.45) is 3.28. The summed E-state index contributed by atoms with van der Waals surface area (Å²) in [5.74, 6) is 0.149. The Hall–Kier alpha value is -3.04. The number of hydrogen-bond acceptors (Lipinski definition) is 6. The van der Waals surface area contributed by atoms with Crippen LogP contribution in [0.3, 0.4) is 0 Å². The SMILES string of the molecule is COc1ccc(S(=O)(=O)N2CCc3cc(C=CC(=O)NO)ccc32)cc1OC. The summed E-state index contributed by atoms with van der Waals surface area (Å²) < 4.78 is 38.0. The fraction of sp³-hybridized carbons (Fsp3) is 0.211. The van der Waals surface area contributed by atoms with Gasteiger partial charge < -0.3 is 9.47 Å². The Morgan fingerprint density at radius 2 is 1.89 bits per heavy atom. The molecule has 0 aromatic heterocycles. The van der Waals surface area contributed by atoms with E-state index < -0.39 is 15.9 Å². The van der Waals surface area contributed by atoms with E-state index in [4.69, 9.17) is 14.7 Å². The van der Waals surface area contributed by atoms with Crippen LogP contribution in [0.1, 0.15) is 11.1 Å². The number of fused-ring (bicyclic) bond motifs is 1. The lowest BCUT2D eigenvalue weighted by Crippen LogP contribution is -2.29. The van der Waals surface area contributed by atoms with E-state index >= 15 is 0 Å². The zero-order valence-corrected chi connectivity index (χ0v) is 16.2. The zero-order valence-electron chi connectivity index (χ0n) is 15.4.